The van der Waals surface area contributed by atoms with Crippen molar-refractivity contribution in [3.05, 3.63) is 137 Å². The lowest BCUT2D eigenvalue weighted by Gasteiger charge is -2.25. The number of nitrogens with two attached hydrogens (primary N) is 1. The van der Waals surface area contributed by atoms with Crippen molar-refractivity contribution in [1.82, 2.24) is 25.9 Å². The van der Waals surface area contributed by atoms with Crippen molar-refractivity contribution < 1.29 is 24.0 Å². The van der Waals surface area contributed by atoms with Gasteiger partial charge < -0.3 is 26.7 Å². The molecule has 274 valence electrons. The van der Waals surface area contributed by atoms with Gasteiger partial charge in [0.15, 0.2) is 5.78 Å². The van der Waals surface area contributed by atoms with Crippen LogP contribution in [0.1, 0.15) is 42.1 Å². The molecule has 4 atom stereocenters. The number of carbonyl (C=O) groups is 5. The van der Waals surface area contributed by atoms with Crippen LogP contribution in [0.4, 0.5) is 0 Å². The van der Waals surface area contributed by atoms with Crippen LogP contribution in [0.15, 0.2) is 109 Å². The number of pyridine rings is 1. The molecule has 0 fully saturated rings. The van der Waals surface area contributed by atoms with Gasteiger partial charge in [-0.3, -0.25) is 29.0 Å². The first-order valence-electron chi connectivity index (χ1n) is 17.5. The second-order valence-electron chi connectivity index (χ2n) is 13.1. The van der Waals surface area contributed by atoms with Crippen LogP contribution in [0.3, 0.4) is 0 Å². The number of fused-ring (bicyclic) bond motifs is 1. The number of nitrogens with one attached hydrogen (secondary N) is 4. The van der Waals surface area contributed by atoms with Crippen LogP contribution in [0.25, 0.3) is 10.9 Å². The van der Waals surface area contributed by atoms with Crippen molar-refractivity contribution in [2.45, 2.75) is 63.6 Å². The number of Topliss-reactive ketones (excluding diaryl/α,β-unsaturated/α-hetero) is 1. The highest BCUT2D eigenvalue weighted by Gasteiger charge is 2.32. The maximum atomic E-state index is 14.3. The number of aryl methyl sites for hydroxylation is 1. The second kappa shape index (κ2) is 18.6. The molecule has 0 spiro atoms. The van der Waals surface area contributed by atoms with Crippen molar-refractivity contribution in [3.8, 4) is 0 Å². The molecule has 3 aromatic carbocycles. The summed E-state index contributed by atoms with van der Waals surface area (Å²) in [6.45, 7) is 1.32. The van der Waals surface area contributed by atoms with Gasteiger partial charge in [-0.25, -0.2) is 0 Å². The van der Waals surface area contributed by atoms with Crippen molar-refractivity contribution >= 4 is 51.9 Å². The normalized spacial score (nSPS) is 13.3. The zero-order valence-electron chi connectivity index (χ0n) is 29.4. The van der Waals surface area contributed by atoms with Gasteiger partial charge in [-0.05, 0) is 66.3 Å². The third-order valence-corrected chi connectivity index (χ3v) is 9.34. The highest BCUT2D eigenvalue weighted by Crippen LogP contribution is 2.21. The lowest BCUT2D eigenvalue weighted by Crippen LogP contribution is -2.53. The lowest BCUT2D eigenvalue weighted by molar-refractivity contribution is -0.134. The number of para-hydroxylation sites is 1. The van der Waals surface area contributed by atoms with E-state index in [1.54, 1.807) is 42.7 Å². The number of hydrogen-bond acceptors (Lipinski definition) is 6. The third-order valence-electron chi connectivity index (χ3n) is 9.09. The fraction of sp³-hybridized carbons (Fsp3) is 0.268. The number of rotatable bonds is 18. The molecular formula is C41H43ClN6O5. The molecule has 5 aromatic rings. The van der Waals surface area contributed by atoms with Crippen LogP contribution >= 0.6 is 11.6 Å². The standard InChI is InChI=1S/C41H43ClN6O5/c1-26(49)46-37(22-28-14-17-31(42)18-15-28)41(53)47-35(21-27-9-3-2-4-10-27)38(50)24-29(16-19-32-11-7-8-20-44-32)40(52)48-36(39(43)51)23-30-25-45-34-13-6-5-12-33(30)34/h2-15,17-18,20,25,29,35-37,45H,16,19,21-24H2,1H3,(H2,43,51)(H,46,49)(H,47,53)(H,48,52). The maximum absolute atomic E-state index is 14.3. The molecule has 0 aliphatic heterocycles. The van der Waals surface area contributed by atoms with Gasteiger partial charge in [0.1, 0.15) is 12.1 Å². The molecule has 0 aliphatic rings. The number of aromatic nitrogens is 2. The third kappa shape index (κ3) is 11.3. The summed E-state index contributed by atoms with van der Waals surface area (Å²) in [4.78, 5) is 74.5. The van der Waals surface area contributed by atoms with Crippen LogP contribution in [-0.4, -0.2) is 57.5 Å². The van der Waals surface area contributed by atoms with Crippen molar-refractivity contribution in [2.75, 3.05) is 0 Å². The Balaban J connectivity index is 1.38. The summed E-state index contributed by atoms with van der Waals surface area (Å²) in [5.41, 5.74) is 9.78. The summed E-state index contributed by atoms with van der Waals surface area (Å²) >= 11 is 6.05. The number of H-pyrrole nitrogens is 1. The van der Waals surface area contributed by atoms with Gasteiger partial charge in [-0.15, -0.1) is 0 Å². The Morgan fingerprint density at radius 2 is 1.40 bits per heavy atom. The fourth-order valence-electron chi connectivity index (χ4n) is 6.29. The molecular weight excluding hydrogens is 692 g/mol. The molecule has 6 N–H and O–H groups in total. The highest BCUT2D eigenvalue weighted by molar-refractivity contribution is 6.30. The van der Waals surface area contributed by atoms with E-state index in [1.807, 2.05) is 66.7 Å². The van der Waals surface area contributed by atoms with Crippen LogP contribution in [0.2, 0.25) is 5.02 Å². The average Bonchev–Trinajstić information content (AvgIpc) is 3.56. The Morgan fingerprint density at radius 3 is 2.09 bits per heavy atom. The Hall–Kier alpha value is -5.81. The smallest absolute Gasteiger partial charge is 0.243 e. The van der Waals surface area contributed by atoms with Gasteiger partial charge in [0.2, 0.25) is 23.6 Å². The van der Waals surface area contributed by atoms with E-state index in [9.17, 15) is 24.0 Å². The molecule has 53 heavy (non-hydrogen) atoms. The Kier molecular flexibility index (Phi) is 13.5. The van der Waals surface area contributed by atoms with E-state index in [2.05, 4.69) is 25.9 Å². The zero-order valence-corrected chi connectivity index (χ0v) is 30.1. The maximum Gasteiger partial charge on any atom is 0.243 e. The number of carbonyl (C=O) groups excluding carboxylic acids is 5. The fourth-order valence-corrected chi connectivity index (χ4v) is 6.42. The van der Waals surface area contributed by atoms with E-state index < -0.39 is 47.7 Å². The number of nitrogens with zero attached hydrogens (tertiary/aromatic N) is 1. The molecule has 5 rings (SSSR count). The van der Waals surface area contributed by atoms with Gasteiger partial charge in [0.05, 0.1) is 6.04 Å². The minimum Gasteiger partial charge on any atom is -0.368 e. The predicted octanol–water partition coefficient (Wildman–Crippen LogP) is 4.41. The number of hydrogen-bond donors (Lipinski definition) is 5. The molecule has 2 heterocycles. The van der Waals surface area contributed by atoms with E-state index in [0.29, 0.717) is 11.4 Å². The number of amides is 4. The molecule has 0 aliphatic carbocycles. The largest absolute Gasteiger partial charge is 0.368 e. The van der Waals surface area contributed by atoms with E-state index >= 15 is 0 Å². The first-order valence-corrected chi connectivity index (χ1v) is 17.9. The van der Waals surface area contributed by atoms with Crippen molar-refractivity contribution in [1.29, 1.82) is 0 Å². The van der Waals surface area contributed by atoms with Crippen LogP contribution in [0.5, 0.6) is 0 Å². The molecule has 4 amide bonds. The van der Waals surface area contributed by atoms with Gasteiger partial charge in [0, 0.05) is 66.1 Å². The topological polar surface area (TPSA) is 176 Å². The molecule has 12 heteroatoms. The van der Waals surface area contributed by atoms with Crippen molar-refractivity contribution in [2.24, 2.45) is 11.7 Å². The number of halogens is 1. The molecule has 2 aromatic heterocycles. The van der Waals surface area contributed by atoms with Crippen LogP contribution in [0, 0.1) is 5.92 Å². The summed E-state index contributed by atoms with van der Waals surface area (Å²) in [7, 11) is 0. The quantitative estimate of drug-likeness (QED) is 0.0891. The predicted molar refractivity (Wildman–Crippen MR) is 204 cm³/mol. The summed E-state index contributed by atoms with van der Waals surface area (Å²) < 4.78 is 0. The van der Waals surface area contributed by atoms with Gasteiger partial charge in [-0.1, -0.05) is 78.3 Å². The van der Waals surface area contributed by atoms with E-state index in [-0.39, 0.29) is 37.9 Å². The van der Waals surface area contributed by atoms with Gasteiger partial charge >= 0.3 is 0 Å². The zero-order chi connectivity index (χ0) is 37.7. The van der Waals surface area contributed by atoms with Crippen LogP contribution in [-0.2, 0) is 49.7 Å². The average molecular weight is 735 g/mol. The number of primary amides is 1. The van der Waals surface area contributed by atoms with Crippen LogP contribution < -0.4 is 21.7 Å². The monoisotopic (exact) mass is 734 g/mol. The molecule has 0 saturated carbocycles. The first kappa shape index (κ1) is 38.4. The summed E-state index contributed by atoms with van der Waals surface area (Å²) in [5, 5.41) is 9.83. The summed E-state index contributed by atoms with van der Waals surface area (Å²) in [5.74, 6) is -3.45. The molecule has 11 nitrogen and oxygen atoms in total. The molecule has 4 unspecified atom stereocenters. The number of benzene rings is 3. The minimum atomic E-state index is -1.04. The lowest BCUT2D eigenvalue weighted by atomic mass is 9.90. The SMILES string of the molecule is CC(=O)NC(Cc1ccc(Cl)cc1)C(=O)NC(Cc1ccccc1)C(=O)CC(CCc1ccccn1)C(=O)NC(Cc1c[nH]c2ccccc12)C(N)=O. The van der Waals surface area contributed by atoms with E-state index in [4.69, 9.17) is 17.3 Å². The number of ketones is 1. The van der Waals surface area contributed by atoms with Crippen molar-refractivity contribution in [3.63, 3.8) is 0 Å². The molecule has 0 saturated heterocycles. The Morgan fingerprint density at radius 1 is 0.736 bits per heavy atom. The van der Waals surface area contributed by atoms with E-state index in [1.165, 1.54) is 6.92 Å². The van der Waals surface area contributed by atoms with E-state index in [0.717, 1.165) is 33.3 Å². The summed E-state index contributed by atoms with van der Waals surface area (Å²) in [6.07, 6.45) is 4.29. The first-order chi connectivity index (χ1) is 25.5. The Labute approximate surface area is 313 Å². The van der Waals surface area contributed by atoms with Gasteiger partial charge in [0.25, 0.3) is 0 Å². The number of aromatic amines is 1. The summed E-state index contributed by atoms with van der Waals surface area (Å²) in [6, 6.07) is 26.1. The molecule has 0 bridgehead atoms. The molecule has 0 radical (unpaired) electrons. The second-order valence-corrected chi connectivity index (χ2v) is 13.5. The Bertz CT molecular complexity index is 2020. The highest BCUT2D eigenvalue weighted by atomic mass is 35.5. The minimum absolute atomic E-state index is 0.150. The van der Waals surface area contributed by atoms with Gasteiger partial charge in [-0.2, -0.15) is 0 Å².